The normalized spacial score (nSPS) is 14.0. The molecule has 3 rings (SSSR count). The molecule has 8 nitrogen and oxygen atoms in total. The third-order valence-electron chi connectivity index (χ3n) is 4.32. The van der Waals surface area contributed by atoms with Gasteiger partial charge in [0.1, 0.15) is 5.75 Å². The van der Waals surface area contributed by atoms with Crippen molar-refractivity contribution in [3.05, 3.63) is 58.6 Å². The Kier molecular flexibility index (Phi) is 5.21. The Hall–Kier alpha value is -3.29. The second-order valence-electron chi connectivity index (χ2n) is 5.88. The van der Waals surface area contributed by atoms with E-state index >= 15 is 0 Å². The Morgan fingerprint density at radius 2 is 1.81 bits per heavy atom. The Bertz CT molecular complexity index is 789. The molecule has 0 atom stereocenters. The topological polar surface area (TPSA) is 87.9 Å². The number of nitro benzene ring substituents is 1. The smallest absolute Gasteiger partial charge is 0.322 e. The second kappa shape index (κ2) is 7.73. The maximum absolute atomic E-state index is 12.5. The number of hydrogen-bond acceptors (Lipinski definition) is 5. The monoisotopic (exact) mass is 356 g/mol. The number of rotatable bonds is 4. The lowest BCUT2D eigenvalue weighted by molar-refractivity contribution is -0.384. The van der Waals surface area contributed by atoms with E-state index in [9.17, 15) is 14.9 Å². The SMILES string of the molecule is COc1ccc([N+](=O)[O-])cc1NC(=O)N1CCN(c2ccccc2)CC1. The fourth-order valence-electron chi connectivity index (χ4n) is 2.91. The zero-order chi connectivity index (χ0) is 18.5. The number of carbonyl (C=O) groups excluding carboxylic acids is 1. The summed E-state index contributed by atoms with van der Waals surface area (Å²) >= 11 is 0. The predicted molar refractivity (Wildman–Crippen MR) is 98.9 cm³/mol. The molecule has 1 N–H and O–H groups in total. The number of nitrogens with one attached hydrogen (secondary N) is 1. The van der Waals surface area contributed by atoms with E-state index in [4.69, 9.17) is 4.74 Å². The van der Waals surface area contributed by atoms with E-state index in [0.29, 0.717) is 18.8 Å². The van der Waals surface area contributed by atoms with Gasteiger partial charge < -0.3 is 19.9 Å². The first-order valence-electron chi connectivity index (χ1n) is 8.27. The van der Waals surface area contributed by atoms with Crippen molar-refractivity contribution < 1.29 is 14.5 Å². The summed E-state index contributed by atoms with van der Waals surface area (Å²) in [5, 5.41) is 13.7. The summed E-state index contributed by atoms with van der Waals surface area (Å²) in [6, 6.07) is 13.9. The molecule has 0 bridgehead atoms. The van der Waals surface area contributed by atoms with Crippen LogP contribution in [0.5, 0.6) is 5.75 Å². The lowest BCUT2D eigenvalue weighted by atomic mass is 10.2. The number of nitrogens with zero attached hydrogens (tertiary/aromatic N) is 3. The number of urea groups is 1. The molecule has 1 aliphatic heterocycles. The van der Waals surface area contributed by atoms with Crippen LogP contribution < -0.4 is 15.0 Å². The summed E-state index contributed by atoms with van der Waals surface area (Å²) < 4.78 is 5.18. The molecule has 1 aliphatic rings. The number of benzene rings is 2. The molecule has 0 aromatic heterocycles. The molecular weight excluding hydrogens is 336 g/mol. The van der Waals surface area contributed by atoms with Crippen LogP contribution in [0, 0.1) is 10.1 Å². The highest BCUT2D eigenvalue weighted by molar-refractivity contribution is 5.91. The van der Waals surface area contributed by atoms with Crippen molar-refractivity contribution in [3.63, 3.8) is 0 Å². The van der Waals surface area contributed by atoms with E-state index in [0.717, 1.165) is 18.8 Å². The molecule has 2 amide bonds. The number of carbonyl (C=O) groups is 1. The highest BCUT2D eigenvalue weighted by Crippen LogP contribution is 2.29. The number of amides is 2. The van der Waals surface area contributed by atoms with Gasteiger partial charge in [-0.2, -0.15) is 0 Å². The minimum Gasteiger partial charge on any atom is -0.495 e. The van der Waals surface area contributed by atoms with Gasteiger partial charge in [0.2, 0.25) is 0 Å². The van der Waals surface area contributed by atoms with Crippen molar-refractivity contribution in [3.8, 4) is 5.75 Å². The quantitative estimate of drug-likeness (QED) is 0.672. The number of nitro groups is 1. The fraction of sp³-hybridized carbons (Fsp3) is 0.278. The molecule has 8 heteroatoms. The van der Waals surface area contributed by atoms with Crippen molar-refractivity contribution in [2.24, 2.45) is 0 Å². The molecule has 0 spiro atoms. The number of methoxy groups -OCH3 is 1. The number of para-hydroxylation sites is 1. The van der Waals surface area contributed by atoms with E-state index < -0.39 is 4.92 Å². The van der Waals surface area contributed by atoms with Gasteiger partial charge in [-0.25, -0.2) is 4.79 Å². The van der Waals surface area contributed by atoms with Gasteiger partial charge in [-0.3, -0.25) is 10.1 Å². The molecule has 2 aromatic carbocycles. The van der Waals surface area contributed by atoms with Crippen molar-refractivity contribution in [2.45, 2.75) is 0 Å². The number of ether oxygens (including phenoxy) is 1. The summed E-state index contributed by atoms with van der Waals surface area (Å²) in [4.78, 5) is 26.9. The van der Waals surface area contributed by atoms with E-state index in [1.54, 1.807) is 4.90 Å². The summed E-state index contributed by atoms with van der Waals surface area (Å²) in [6.07, 6.45) is 0. The van der Waals surface area contributed by atoms with Crippen LogP contribution in [-0.4, -0.2) is 49.1 Å². The second-order valence-corrected chi connectivity index (χ2v) is 5.88. The van der Waals surface area contributed by atoms with Crippen LogP contribution in [-0.2, 0) is 0 Å². The molecule has 26 heavy (non-hydrogen) atoms. The zero-order valence-electron chi connectivity index (χ0n) is 14.4. The third kappa shape index (κ3) is 3.85. The summed E-state index contributed by atoms with van der Waals surface area (Å²) in [5.74, 6) is 0.381. The molecule has 0 aliphatic carbocycles. The number of anilines is 2. The Labute approximate surface area is 151 Å². The zero-order valence-corrected chi connectivity index (χ0v) is 14.4. The first kappa shape index (κ1) is 17.5. The minimum absolute atomic E-state index is 0.102. The van der Waals surface area contributed by atoms with Crippen LogP contribution in [0.3, 0.4) is 0 Å². The van der Waals surface area contributed by atoms with Gasteiger partial charge >= 0.3 is 6.03 Å². The minimum atomic E-state index is -0.506. The first-order chi connectivity index (χ1) is 12.6. The molecule has 0 saturated carbocycles. The van der Waals surface area contributed by atoms with Crippen LogP contribution in [0.4, 0.5) is 21.9 Å². The van der Waals surface area contributed by atoms with Crippen molar-refractivity contribution >= 4 is 23.1 Å². The molecule has 2 aromatic rings. The van der Waals surface area contributed by atoms with Crippen LogP contribution in [0.1, 0.15) is 0 Å². The van der Waals surface area contributed by atoms with Crippen molar-refractivity contribution in [2.75, 3.05) is 43.5 Å². The highest BCUT2D eigenvalue weighted by Gasteiger charge is 2.22. The molecular formula is C18H20N4O4. The highest BCUT2D eigenvalue weighted by atomic mass is 16.6. The van der Waals surface area contributed by atoms with Gasteiger partial charge in [0.05, 0.1) is 17.7 Å². The number of non-ortho nitro benzene ring substituents is 1. The predicted octanol–water partition coefficient (Wildman–Crippen LogP) is 2.96. The average molecular weight is 356 g/mol. The largest absolute Gasteiger partial charge is 0.495 e. The fourth-order valence-corrected chi connectivity index (χ4v) is 2.91. The molecule has 0 radical (unpaired) electrons. The van der Waals surface area contributed by atoms with E-state index in [-0.39, 0.29) is 17.4 Å². The Balaban J connectivity index is 1.64. The standard InChI is InChI=1S/C18H20N4O4/c1-26-17-8-7-15(22(24)25)13-16(17)19-18(23)21-11-9-20(10-12-21)14-5-3-2-4-6-14/h2-8,13H,9-12H2,1H3,(H,19,23). The van der Waals surface area contributed by atoms with Crippen LogP contribution in [0.2, 0.25) is 0 Å². The maximum Gasteiger partial charge on any atom is 0.322 e. The molecule has 1 saturated heterocycles. The van der Waals surface area contributed by atoms with E-state index in [1.165, 1.54) is 25.3 Å². The van der Waals surface area contributed by atoms with Crippen LogP contribution in [0.15, 0.2) is 48.5 Å². The molecule has 0 unspecified atom stereocenters. The average Bonchev–Trinajstić information content (AvgIpc) is 2.68. The third-order valence-corrected chi connectivity index (χ3v) is 4.32. The van der Waals surface area contributed by atoms with Gasteiger partial charge in [-0.1, -0.05) is 18.2 Å². The van der Waals surface area contributed by atoms with Crippen molar-refractivity contribution in [1.82, 2.24) is 4.90 Å². The molecule has 1 heterocycles. The van der Waals surface area contributed by atoms with Crippen LogP contribution >= 0.6 is 0 Å². The molecule has 136 valence electrons. The summed E-state index contributed by atoms with van der Waals surface area (Å²) in [6.45, 7) is 2.59. The Morgan fingerprint density at radius 3 is 2.42 bits per heavy atom. The summed E-state index contributed by atoms with van der Waals surface area (Å²) in [5.41, 5.74) is 1.32. The lowest BCUT2D eigenvalue weighted by Gasteiger charge is -2.36. The van der Waals surface area contributed by atoms with Crippen LogP contribution in [0.25, 0.3) is 0 Å². The van der Waals surface area contributed by atoms with Gasteiger partial charge in [-0.15, -0.1) is 0 Å². The van der Waals surface area contributed by atoms with Gasteiger partial charge in [0, 0.05) is 44.0 Å². The van der Waals surface area contributed by atoms with Gasteiger partial charge in [-0.05, 0) is 18.2 Å². The summed E-state index contributed by atoms with van der Waals surface area (Å²) in [7, 11) is 1.45. The van der Waals surface area contributed by atoms with Gasteiger partial charge in [0.15, 0.2) is 0 Å². The first-order valence-corrected chi connectivity index (χ1v) is 8.27. The van der Waals surface area contributed by atoms with E-state index in [2.05, 4.69) is 10.2 Å². The lowest BCUT2D eigenvalue weighted by Crippen LogP contribution is -2.50. The number of piperazine rings is 1. The Morgan fingerprint density at radius 1 is 1.12 bits per heavy atom. The van der Waals surface area contributed by atoms with Gasteiger partial charge in [0.25, 0.3) is 5.69 Å². The molecule has 1 fully saturated rings. The van der Waals surface area contributed by atoms with E-state index in [1.807, 2.05) is 30.3 Å². The maximum atomic E-state index is 12.5. The van der Waals surface area contributed by atoms with Crippen molar-refractivity contribution in [1.29, 1.82) is 0 Å². The number of hydrogen-bond donors (Lipinski definition) is 1.